The molecule has 250 valence electrons. The van der Waals surface area contributed by atoms with Gasteiger partial charge < -0.3 is 19.1 Å². The second kappa shape index (κ2) is 11.9. The van der Waals surface area contributed by atoms with E-state index >= 15 is 0 Å². The van der Waals surface area contributed by atoms with Crippen molar-refractivity contribution < 1.29 is 4.74 Å². The molecular formula is C48H31N3OS. The molecule has 1 aromatic heterocycles. The SMILES string of the molecule is c1cc(-c2c(N3c4ccccc4Oc4ccccc43)cccc2N2c3ccccc3Sc3ccccc32)cc(-n2c3ccccc3c3ccccc32)c1. The van der Waals surface area contributed by atoms with Gasteiger partial charge in [0.05, 0.1) is 45.2 Å². The molecule has 0 spiro atoms. The van der Waals surface area contributed by atoms with Crippen LogP contribution in [-0.4, -0.2) is 4.57 Å². The summed E-state index contributed by atoms with van der Waals surface area (Å²) in [7, 11) is 0. The smallest absolute Gasteiger partial charge is 0.151 e. The Kier molecular flexibility index (Phi) is 6.76. The molecule has 2 aliphatic heterocycles. The predicted octanol–water partition coefficient (Wildman–Crippen LogP) is 14.0. The van der Waals surface area contributed by atoms with Crippen molar-refractivity contribution in [3.05, 3.63) is 188 Å². The normalized spacial score (nSPS) is 12.9. The van der Waals surface area contributed by atoms with Crippen LogP contribution in [-0.2, 0) is 0 Å². The Morgan fingerprint density at radius 2 is 0.830 bits per heavy atom. The third-order valence-corrected chi connectivity index (χ3v) is 11.5. The Morgan fingerprint density at radius 3 is 1.43 bits per heavy atom. The maximum absolute atomic E-state index is 6.51. The van der Waals surface area contributed by atoms with Crippen LogP contribution in [0.25, 0.3) is 38.6 Å². The van der Waals surface area contributed by atoms with Gasteiger partial charge in [0, 0.05) is 31.8 Å². The molecule has 0 saturated carbocycles. The first kappa shape index (κ1) is 30.0. The molecule has 0 N–H and O–H groups in total. The van der Waals surface area contributed by atoms with Crippen LogP contribution in [0.1, 0.15) is 0 Å². The van der Waals surface area contributed by atoms with Crippen molar-refractivity contribution in [1.29, 1.82) is 0 Å². The highest BCUT2D eigenvalue weighted by Gasteiger charge is 2.32. The number of hydrogen-bond donors (Lipinski definition) is 0. The highest BCUT2D eigenvalue weighted by atomic mass is 32.2. The number of benzene rings is 8. The van der Waals surface area contributed by atoms with Crippen LogP contribution in [0, 0.1) is 0 Å². The van der Waals surface area contributed by atoms with Crippen LogP contribution in [0.5, 0.6) is 11.5 Å². The zero-order valence-electron chi connectivity index (χ0n) is 28.6. The van der Waals surface area contributed by atoms with Crippen molar-refractivity contribution in [2.45, 2.75) is 9.79 Å². The van der Waals surface area contributed by atoms with Crippen molar-refractivity contribution in [2.24, 2.45) is 0 Å². The van der Waals surface area contributed by atoms with Crippen LogP contribution in [0.3, 0.4) is 0 Å². The molecule has 0 unspecified atom stereocenters. The summed E-state index contributed by atoms with van der Waals surface area (Å²) in [6.07, 6.45) is 0. The monoisotopic (exact) mass is 697 g/mol. The molecule has 0 saturated heterocycles. The number of rotatable bonds is 4. The number of ether oxygens (including phenoxy) is 1. The molecule has 3 heterocycles. The van der Waals surface area contributed by atoms with E-state index in [4.69, 9.17) is 4.74 Å². The minimum Gasteiger partial charge on any atom is -0.453 e. The average molecular weight is 698 g/mol. The van der Waals surface area contributed by atoms with Crippen LogP contribution in [0.2, 0.25) is 0 Å². The van der Waals surface area contributed by atoms with E-state index in [-0.39, 0.29) is 0 Å². The number of hydrogen-bond acceptors (Lipinski definition) is 4. The van der Waals surface area contributed by atoms with Crippen LogP contribution >= 0.6 is 11.8 Å². The maximum atomic E-state index is 6.51. The third-order valence-electron chi connectivity index (χ3n) is 10.3. The molecule has 9 aromatic rings. The molecule has 2 aliphatic rings. The number of nitrogens with zero attached hydrogens (tertiary/aromatic N) is 3. The van der Waals surface area contributed by atoms with Crippen molar-refractivity contribution in [1.82, 2.24) is 4.57 Å². The van der Waals surface area contributed by atoms with Gasteiger partial charge in [-0.2, -0.15) is 0 Å². The summed E-state index contributed by atoms with van der Waals surface area (Å²) >= 11 is 1.83. The Balaban J connectivity index is 1.23. The van der Waals surface area contributed by atoms with E-state index in [9.17, 15) is 0 Å². The van der Waals surface area contributed by atoms with Gasteiger partial charge in [-0.25, -0.2) is 0 Å². The Bertz CT molecular complexity index is 2630. The highest BCUT2D eigenvalue weighted by molar-refractivity contribution is 7.99. The van der Waals surface area contributed by atoms with E-state index in [2.05, 4.69) is 190 Å². The summed E-state index contributed by atoms with van der Waals surface area (Å²) in [5.41, 5.74) is 12.2. The van der Waals surface area contributed by atoms with Crippen LogP contribution in [0.4, 0.5) is 34.1 Å². The summed E-state index contributed by atoms with van der Waals surface area (Å²) in [4.78, 5) is 7.27. The fourth-order valence-electron chi connectivity index (χ4n) is 8.13. The molecule has 4 nitrogen and oxygen atoms in total. The predicted molar refractivity (Wildman–Crippen MR) is 220 cm³/mol. The molecule has 0 radical (unpaired) electrons. The number of anilines is 6. The Hall–Kier alpha value is -6.69. The van der Waals surface area contributed by atoms with Crippen LogP contribution < -0.4 is 14.5 Å². The second-order valence-corrected chi connectivity index (χ2v) is 14.4. The fourth-order valence-corrected chi connectivity index (χ4v) is 9.18. The summed E-state index contributed by atoms with van der Waals surface area (Å²) in [6.45, 7) is 0. The number of fused-ring (bicyclic) bond motifs is 7. The van der Waals surface area contributed by atoms with Gasteiger partial charge in [0.2, 0.25) is 0 Å². The molecule has 5 heteroatoms. The molecule has 53 heavy (non-hydrogen) atoms. The molecule has 0 aliphatic carbocycles. The van der Waals surface area contributed by atoms with Gasteiger partial charge in [0.1, 0.15) is 0 Å². The lowest BCUT2D eigenvalue weighted by molar-refractivity contribution is 0.477. The molecular weight excluding hydrogens is 667 g/mol. The first-order valence-corrected chi connectivity index (χ1v) is 18.7. The van der Waals surface area contributed by atoms with E-state index in [1.165, 1.54) is 31.6 Å². The maximum Gasteiger partial charge on any atom is 0.151 e. The molecule has 0 amide bonds. The summed E-state index contributed by atoms with van der Waals surface area (Å²) in [6, 6.07) is 67.3. The Labute approximate surface area is 311 Å². The third kappa shape index (κ3) is 4.64. The topological polar surface area (TPSA) is 20.6 Å². The van der Waals surface area contributed by atoms with Gasteiger partial charge in [-0.3, -0.25) is 0 Å². The lowest BCUT2D eigenvalue weighted by atomic mass is 9.97. The van der Waals surface area contributed by atoms with E-state index in [0.717, 1.165) is 62.4 Å². The van der Waals surface area contributed by atoms with Crippen molar-refractivity contribution in [3.63, 3.8) is 0 Å². The van der Waals surface area contributed by atoms with Gasteiger partial charge in [0.15, 0.2) is 11.5 Å². The van der Waals surface area contributed by atoms with E-state index in [1.54, 1.807) is 0 Å². The minimum absolute atomic E-state index is 0.826. The van der Waals surface area contributed by atoms with Gasteiger partial charge in [-0.15, -0.1) is 0 Å². The summed E-state index contributed by atoms with van der Waals surface area (Å²) in [5, 5.41) is 2.49. The van der Waals surface area contributed by atoms with E-state index < -0.39 is 0 Å². The van der Waals surface area contributed by atoms with Gasteiger partial charge >= 0.3 is 0 Å². The van der Waals surface area contributed by atoms with Gasteiger partial charge in [-0.05, 0) is 90.5 Å². The van der Waals surface area contributed by atoms with Gasteiger partial charge in [0.25, 0.3) is 0 Å². The molecule has 11 rings (SSSR count). The molecule has 0 bridgehead atoms. The summed E-state index contributed by atoms with van der Waals surface area (Å²) < 4.78 is 8.91. The number of para-hydroxylation sites is 8. The summed E-state index contributed by atoms with van der Waals surface area (Å²) in [5.74, 6) is 1.65. The lowest BCUT2D eigenvalue weighted by Gasteiger charge is -2.37. The highest BCUT2D eigenvalue weighted by Crippen LogP contribution is 2.57. The standard InChI is InChI=1S/C48H31N3OS/c1-3-19-36-34(17-1)35-18-2-4-20-37(35)49(36)33-16-13-15-32(31-33)48-42(50-38-21-5-9-27-44(38)52-45-28-10-6-22-39(45)50)25-14-26-43(48)51-40-23-7-11-29-46(40)53-47-30-12-8-24-41(47)51/h1-31H. The zero-order chi connectivity index (χ0) is 34.9. The largest absolute Gasteiger partial charge is 0.453 e. The van der Waals surface area contributed by atoms with E-state index in [0.29, 0.717) is 0 Å². The number of aromatic nitrogens is 1. The Morgan fingerprint density at radius 1 is 0.377 bits per heavy atom. The molecule has 8 aromatic carbocycles. The fraction of sp³-hybridized carbons (Fsp3) is 0. The van der Waals surface area contributed by atoms with Crippen molar-refractivity contribution in [2.75, 3.05) is 9.80 Å². The zero-order valence-corrected chi connectivity index (χ0v) is 29.4. The van der Waals surface area contributed by atoms with E-state index in [1.807, 2.05) is 23.9 Å². The average Bonchev–Trinajstić information content (AvgIpc) is 3.56. The first-order valence-electron chi connectivity index (χ1n) is 17.9. The van der Waals surface area contributed by atoms with Crippen LogP contribution in [0.15, 0.2) is 198 Å². The minimum atomic E-state index is 0.826. The first-order chi connectivity index (χ1) is 26.3. The molecule has 0 atom stereocenters. The second-order valence-electron chi connectivity index (χ2n) is 13.3. The van der Waals surface area contributed by atoms with Crippen molar-refractivity contribution >= 4 is 67.7 Å². The van der Waals surface area contributed by atoms with Crippen molar-refractivity contribution in [3.8, 4) is 28.3 Å². The molecule has 0 fully saturated rings. The van der Waals surface area contributed by atoms with Gasteiger partial charge in [-0.1, -0.05) is 115 Å². The quantitative estimate of drug-likeness (QED) is 0.182. The lowest BCUT2D eigenvalue weighted by Crippen LogP contribution is -2.19.